The van der Waals surface area contributed by atoms with Gasteiger partial charge >= 0.3 is 0 Å². The molecule has 0 fully saturated rings. The molecule has 0 saturated carbocycles. The number of aliphatic imine (C=N–C) groups is 2. The summed E-state index contributed by atoms with van der Waals surface area (Å²) in [5.41, 5.74) is 0. The van der Waals surface area contributed by atoms with Crippen molar-refractivity contribution >= 4 is 51.5 Å². The lowest BCUT2D eigenvalue weighted by Crippen LogP contribution is -2.29. The van der Waals surface area contributed by atoms with E-state index in [0.717, 1.165) is 0 Å². The van der Waals surface area contributed by atoms with Crippen LogP contribution in [0.4, 0.5) is 0 Å². The van der Waals surface area contributed by atoms with Gasteiger partial charge in [-0.1, -0.05) is 23.2 Å². The summed E-state index contributed by atoms with van der Waals surface area (Å²) in [6, 6.07) is 0. The van der Waals surface area contributed by atoms with Crippen LogP contribution in [0, 0.1) is 0 Å². The van der Waals surface area contributed by atoms with Gasteiger partial charge in [-0.15, -0.1) is 0 Å². The fraction of sp³-hybridized carbons (Fsp3) is 0.250. The molecule has 0 saturated heterocycles. The van der Waals surface area contributed by atoms with E-state index in [4.69, 9.17) is 23.2 Å². The summed E-state index contributed by atoms with van der Waals surface area (Å²) >= 11 is 12.4. The van der Waals surface area contributed by atoms with Crippen LogP contribution in [0.15, 0.2) is 14.4 Å². The van der Waals surface area contributed by atoms with Crippen molar-refractivity contribution in [3.05, 3.63) is 0 Å². The van der Waals surface area contributed by atoms with Gasteiger partial charge in [0, 0.05) is 0 Å². The van der Waals surface area contributed by atoms with Crippen LogP contribution in [0.3, 0.4) is 0 Å². The van der Waals surface area contributed by atoms with E-state index in [1.54, 1.807) is 0 Å². The van der Waals surface area contributed by atoms with Gasteiger partial charge in [0.25, 0.3) is 0 Å². The molecule has 1 atom stereocenters. The highest BCUT2D eigenvalue weighted by atomic mass is 35.5. The number of halogens is 2. The van der Waals surface area contributed by atoms with E-state index in [1.165, 1.54) is 12.1 Å². The molecule has 0 aromatic heterocycles. The molecule has 1 N–H and O–H groups in total. The second-order valence-electron chi connectivity index (χ2n) is 1.88. The Morgan fingerprint density at radius 1 is 1.36 bits per heavy atom. The second kappa shape index (κ2) is 2.75. The minimum atomic E-state index is -0.227. The van der Waals surface area contributed by atoms with Crippen LogP contribution in [0.2, 0.25) is 0 Å². The molecule has 2 heterocycles. The zero-order valence-corrected chi connectivity index (χ0v) is 7.41. The molecular formula is C4H2Cl2N4S. The van der Waals surface area contributed by atoms with Gasteiger partial charge in [-0.25, -0.2) is 14.7 Å². The molecular weight excluding hydrogens is 207 g/mol. The minimum absolute atomic E-state index is 0.200. The highest BCUT2D eigenvalue weighted by Crippen LogP contribution is 2.18. The Bertz CT molecular complexity index is 284. The first-order valence-corrected chi connectivity index (χ1v) is 4.27. The summed E-state index contributed by atoms with van der Waals surface area (Å²) in [6.07, 6.45) is -0.227. The lowest BCUT2D eigenvalue weighted by Gasteiger charge is -2.09. The largest absolute Gasteiger partial charge is 0.242 e. The third-order valence-electron chi connectivity index (χ3n) is 1.17. The van der Waals surface area contributed by atoms with Crippen LogP contribution >= 0.6 is 35.3 Å². The smallest absolute Gasteiger partial charge is 0.179 e. The van der Waals surface area contributed by atoms with Crippen LogP contribution in [-0.2, 0) is 0 Å². The monoisotopic (exact) mass is 208 g/mol. The Hall–Kier alpha value is -0.100. The van der Waals surface area contributed by atoms with Crippen LogP contribution in [0.5, 0.6) is 0 Å². The van der Waals surface area contributed by atoms with E-state index in [9.17, 15) is 0 Å². The number of rotatable bonds is 0. The predicted octanol–water partition coefficient (Wildman–Crippen LogP) is 1.17. The molecule has 0 spiro atoms. The van der Waals surface area contributed by atoms with Gasteiger partial charge in [-0.05, 0) is 0 Å². The molecule has 0 amide bonds. The quantitative estimate of drug-likeness (QED) is 0.608. The van der Waals surface area contributed by atoms with E-state index < -0.39 is 0 Å². The maximum absolute atomic E-state index is 5.62. The highest BCUT2D eigenvalue weighted by Gasteiger charge is 2.26. The molecule has 1 unspecified atom stereocenters. The number of hydrogen-bond acceptors (Lipinski definition) is 5. The molecule has 7 heteroatoms. The molecule has 11 heavy (non-hydrogen) atoms. The SMILES string of the molecule is ClC1=NC2=NSNC2N=C1Cl. The summed E-state index contributed by atoms with van der Waals surface area (Å²) in [6.45, 7) is 0. The lowest BCUT2D eigenvalue weighted by atomic mass is 10.4. The summed E-state index contributed by atoms with van der Waals surface area (Å²) in [5.74, 6) is 0.574. The Balaban J connectivity index is 2.37. The third kappa shape index (κ3) is 1.29. The van der Waals surface area contributed by atoms with Crippen LogP contribution < -0.4 is 4.72 Å². The van der Waals surface area contributed by atoms with Crippen molar-refractivity contribution in [3.8, 4) is 0 Å². The summed E-state index contributed by atoms with van der Waals surface area (Å²) in [7, 11) is 0. The number of nitrogens with one attached hydrogen (secondary N) is 1. The summed E-state index contributed by atoms with van der Waals surface area (Å²) in [5, 5.41) is 0.427. The molecule has 4 nitrogen and oxygen atoms in total. The molecule has 0 aromatic rings. The molecule has 0 bridgehead atoms. The lowest BCUT2D eigenvalue weighted by molar-refractivity contribution is 0.865. The zero-order chi connectivity index (χ0) is 7.84. The van der Waals surface area contributed by atoms with Gasteiger partial charge in [0.05, 0.1) is 12.1 Å². The van der Waals surface area contributed by atoms with Crippen molar-refractivity contribution in [2.45, 2.75) is 6.17 Å². The van der Waals surface area contributed by atoms with Crippen molar-refractivity contribution in [2.24, 2.45) is 14.4 Å². The number of hydrogen-bond donors (Lipinski definition) is 1. The molecule has 2 rings (SSSR count). The first-order chi connectivity index (χ1) is 5.27. The Morgan fingerprint density at radius 2 is 2.18 bits per heavy atom. The van der Waals surface area contributed by atoms with Crippen LogP contribution in [0.25, 0.3) is 0 Å². The van der Waals surface area contributed by atoms with Crippen molar-refractivity contribution in [1.29, 1.82) is 0 Å². The maximum Gasteiger partial charge on any atom is 0.179 e. The third-order valence-corrected chi connectivity index (χ3v) is 2.42. The standard InChI is InChI=1S/C4H2Cl2N4S/c5-1-2(6)8-4-3(7-1)9-11-10-4/h3,9H. The zero-order valence-electron chi connectivity index (χ0n) is 5.08. The molecule has 2 aliphatic heterocycles. The molecule has 0 aromatic carbocycles. The fourth-order valence-electron chi connectivity index (χ4n) is 0.705. The van der Waals surface area contributed by atoms with E-state index in [2.05, 4.69) is 19.1 Å². The topological polar surface area (TPSA) is 49.1 Å². The fourth-order valence-corrected chi connectivity index (χ4v) is 1.52. The van der Waals surface area contributed by atoms with Gasteiger partial charge in [-0.2, -0.15) is 4.40 Å². The molecule has 58 valence electrons. The van der Waals surface area contributed by atoms with Crippen molar-refractivity contribution in [1.82, 2.24) is 4.72 Å². The normalized spacial score (nSPS) is 28.9. The maximum atomic E-state index is 5.62. The van der Waals surface area contributed by atoms with E-state index >= 15 is 0 Å². The van der Waals surface area contributed by atoms with Gasteiger partial charge < -0.3 is 0 Å². The summed E-state index contributed by atoms with van der Waals surface area (Å²) in [4.78, 5) is 7.89. The van der Waals surface area contributed by atoms with Gasteiger partial charge in [0.15, 0.2) is 22.3 Å². The molecule has 0 aliphatic carbocycles. The minimum Gasteiger partial charge on any atom is -0.242 e. The van der Waals surface area contributed by atoms with Crippen molar-refractivity contribution in [2.75, 3.05) is 0 Å². The van der Waals surface area contributed by atoms with Crippen LogP contribution in [0.1, 0.15) is 0 Å². The molecule has 2 aliphatic rings. The van der Waals surface area contributed by atoms with E-state index in [-0.39, 0.29) is 16.5 Å². The Morgan fingerprint density at radius 3 is 3.00 bits per heavy atom. The number of amidine groups is 1. The van der Waals surface area contributed by atoms with Crippen LogP contribution in [-0.4, -0.2) is 22.3 Å². The predicted molar refractivity (Wildman–Crippen MR) is 48.5 cm³/mol. The first kappa shape index (κ1) is 7.54. The summed E-state index contributed by atoms with van der Waals surface area (Å²) < 4.78 is 6.81. The molecule has 0 radical (unpaired) electrons. The van der Waals surface area contributed by atoms with Gasteiger partial charge in [0.1, 0.15) is 0 Å². The Kier molecular flexibility index (Phi) is 1.88. The van der Waals surface area contributed by atoms with Gasteiger partial charge in [-0.3, -0.25) is 0 Å². The second-order valence-corrected chi connectivity index (χ2v) is 3.20. The van der Waals surface area contributed by atoms with E-state index in [0.29, 0.717) is 5.84 Å². The van der Waals surface area contributed by atoms with Gasteiger partial charge in [0.2, 0.25) is 0 Å². The van der Waals surface area contributed by atoms with E-state index in [1.807, 2.05) is 0 Å². The first-order valence-electron chi connectivity index (χ1n) is 2.74. The number of fused-ring (bicyclic) bond motifs is 1. The Labute approximate surface area is 77.1 Å². The average molecular weight is 209 g/mol. The number of nitrogens with zero attached hydrogens (tertiary/aromatic N) is 3. The van der Waals surface area contributed by atoms with Crippen molar-refractivity contribution < 1.29 is 0 Å². The average Bonchev–Trinajstić information content (AvgIpc) is 2.36. The van der Waals surface area contributed by atoms with Crippen molar-refractivity contribution in [3.63, 3.8) is 0 Å². The highest BCUT2D eigenvalue weighted by molar-refractivity contribution is 7.96.